The van der Waals surface area contributed by atoms with Gasteiger partial charge < -0.3 is 19.5 Å². The van der Waals surface area contributed by atoms with E-state index in [4.69, 9.17) is 9.47 Å². The Morgan fingerprint density at radius 1 is 1.18 bits per heavy atom. The fraction of sp³-hybridized carbons (Fsp3) is 0.520. The Hall–Kier alpha value is -3.04. The minimum atomic E-state index is -0.663. The molecule has 1 atom stereocenters. The van der Waals surface area contributed by atoms with Crippen molar-refractivity contribution in [2.24, 2.45) is 5.41 Å². The van der Waals surface area contributed by atoms with Gasteiger partial charge in [-0.3, -0.25) is 9.69 Å². The molecule has 9 nitrogen and oxygen atoms in total. The van der Waals surface area contributed by atoms with E-state index in [9.17, 15) is 14.7 Å². The zero-order valence-corrected chi connectivity index (χ0v) is 19.6. The number of aliphatic hydroxyl groups is 1. The van der Waals surface area contributed by atoms with Gasteiger partial charge in [0.15, 0.2) is 0 Å². The molecule has 0 radical (unpaired) electrons. The number of aromatic nitrogens is 2. The lowest BCUT2D eigenvalue weighted by Gasteiger charge is -2.38. The third kappa shape index (κ3) is 3.92. The molecule has 5 rings (SSSR count). The van der Waals surface area contributed by atoms with E-state index < -0.39 is 6.10 Å². The van der Waals surface area contributed by atoms with Crippen LogP contribution in [0.25, 0.3) is 0 Å². The summed E-state index contributed by atoms with van der Waals surface area (Å²) in [5, 5.41) is 11.0. The first-order valence-corrected chi connectivity index (χ1v) is 11.9. The van der Waals surface area contributed by atoms with Gasteiger partial charge in [0.25, 0.3) is 0 Å². The molecule has 3 aliphatic rings. The molecule has 1 amide bonds. The summed E-state index contributed by atoms with van der Waals surface area (Å²) in [6.07, 6.45) is 3.27. The van der Waals surface area contributed by atoms with Crippen LogP contribution in [0, 0.1) is 12.3 Å². The summed E-state index contributed by atoms with van der Waals surface area (Å²) in [4.78, 5) is 37.7. The van der Waals surface area contributed by atoms with Crippen molar-refractivity contribution in [3.8, 4) is 6.01 Å². The lowest BCUT2D eigenvalue weighted by molar-refractivity contribution is -0.128. The number of hydrogen-bond donors (Lipinski definition) is 1. The summed E-state index contributed by atoms with van der Waals surface area (Å²) in [7, 11) is 0. The van der Waals surface area contributed by atoms with E-state index in [0.717, 1.165) is 49.0 Å². The molecule has 2 aromatic rings. The molecule has 1 spiro atoms. The maximum absolute atomic E-state index is 13.4. The van der Waals surface area contributed by atoms with Gasteiger partial charge in [-0.25, -0.2) is 9.78 Å². The highest BCUT2D eigenvalue weighted by Crippen LogP contribution is 2.43. The van der Waals surface area contributed by atoms with Crippen molar-refractivity contribution in [2.75, 3.05) is 37.7 Å². The molecule has 1 aromatic heterocycles. The van der Waals surface area contributed by atoms with Crippen LogP contribution < -0.4 is 9.64 Å². The molecule has 0 saturated carbocycles. The lowest BCUT2D eigenvalue weighted by atomic mass is 9.77. The van der Waals surface area contributed by atoms with E-state index in [2.05, 4.69) is 14.9 Å². The Morgan fingerprint density at radius 2 is 1.94 bits per heavy atom. The maximum atomic E-state index is 13.4. The van der Waals surface area contributed by atoms with Crippen molar-refractivity contribution in [3.63, 3.8) is 0 Å². The number of carbonyl (C=O) groups is 2. The first kappa shape index (κ1) is 22.7. The molecule has 1 N–H and O–H groups in total. The fourth-order valence-corrected chi connectivity index (χ4v) is 5.42. The summed E-state index contributed by atoms with van der Waals surface area (Å²) in [6, 6.07) is 5.61. The second-order valence-electron chi connectivity index (χ2n) is 9.32. The number of hydrogen-bond acceptors (Lipinski definition) is 8. The molecule has 34 heavy (non-hydrogen) atoms. The van der Waals surface area contributed by atoms with Crippen molar-refractivity contribution in [1.29, 1.82) is 0 Å². The molecule has 0 bridgehead atoms. The number of fused-ring (bicyclic) bond motifs is 1. The molecule has 2 fully saturated rings. The Morgan fingerprint density at radius 3 is 2.71 bits per heavy atom. The number of aliphatic hydroxyl groups excluding tert-OH is 1. The lowest BCUT2D eigenvalue weighted by Crippen LogP contribution is -2.45. The van der Waals surface area contributed by atoms with Crippen molar-refractivity contribution in [3.05, 3.63) is 46.6 Å². The van der Waals surface area contributed by atoms with Crippen LogP contribution in [0.4, 0.5) is 5.82 Å². The van der Waals surface area contributed by atoms with Gasteiger partial charge in [-0.15, -0.1) is 0 Å². The zero-order chi connectivity index (χ0) is 23.9. The molecule has 0 unspecified atom stereocenters. The largest absolute Gasteiger partial charge is 0.464 e. The molecule has 9 heteroatoms. The zero-order valence-electron chi connectivity index (χ0n) is 19.6. The van der Waals surface area contributed by atoms with Crippen LogP contribution in [-0.4, -0.2) is 64.6 Å². The third-order valence-corrected chi connectivity index (χ3v) is 7.49. The summed E-state index contributed by atoms with van der Waals surface area (Å²) in [5.41, 5.74) is 2.83. The normalized spacial score (nSPS) is 20.5. The predicted octanol–water partition coefficient (Wildman–Crippen LogP) is 2.41. The van der Waals surface area contributed by atoms with Crippen molar-refractivity contribution >= 4 is 17.7 Å². The van der Waals surface area contributed by atoms with Crippen LogP contribution in [0.1, 0.15) is 59.3 Å². The van der Waals surface area contributed by atoms with Gasteiger partial charge in [-0.05, 0) is 69.5 Å². The van der Waals surface area contributed by atoms with Gasteiger partial charge in [-0.1, -0.05) is 6.07 Å². The summed E-state index contributed by atoms with van der Waals surface area (Å²) < 4.78 is 10.5. The van der Waals surface area contributed by atoms with E-state index in [1.54, 1.807) is 23.2 Å². The number of likely N-dealkylation sites (tertiary alicyclic amines) is 1. The van der Waals surface area contributed by atoms with Crippen LogP contribution in [0.3, 0.4) is 0 Å². The number of β-amino-alcohol motifs (C(OH)–C–C–N with tert-alkyl or cyclic N) is 1. The summed E-state index contributed by atoms with van der Waals surface area (Å²) in [6.45, 7) is 7.17. The minimum absolute atomic E-state index is 0.119. The Kier molecular flexibility index (Phi) is 5.99. The van der Waals surface area contributed by atoms with E-state index in [0.29, 0.717) is 31.1 Å². The highest BCUT2D eigenvalue weighted by Gasteiger charge is 2.49. The molecule has 4 heterocycles. The Balaban J connectivity index is 1.22. The average molecular weight is 467 g/mol. The number of piperidine rings is 1. The predicted molar refractivity (Wildman–Crippen MR) is 124 cm³/mol. The molecule has 2 saturated heterocycles. The highest BCUT2D eigenvalue weighted by atomic mass is 16.5. The van der Waals surface area contributed by atoms with Gasteiger partial charge in [0.1, 0.15) is 12.4 Å². The molecular formula is C25H30N4O5. The van der Waals surface area contributed by atoms with E-state index in [1.807, 2.05) is 19.9 Å². The number of anilines is 1. The maximum Gasteiger partial charge on any atom is 0.338 e. The van der Waals surface area contributed by atoms with Gasteiger partial charge >= 0.3 is 12.0 Å². The summed E-state index contributed by atoms with van der Waals surface area (Å²) in [5.74, 6) is 0.410. The smallest absolute Gasteiger partial charge is 0.338 e. The van der Waals surface area contributed by atoms with Gasteiger partial charge in [0, 0.05) is 24.8 Å². The van der Waals surface area contributed by atoms with Crippen LogP contribution in [0.15, 0.2) is 24.4 Å². The Bertz CT molecular complexity index is 1110. The fourth-order valence-electron chi connectivity index (χ4n) is 5.42. The van der Waals surface area contributed by atoms with Crippen LogP contribution in [-0.2, 0) is 16.1 Å². The molecule has 1 aromatic carbocycles. The standard InChI is InChI=1S/C25H30N4O5/c1-3-33-24-26-10-6-21(27-24)29-13-9-25(23(29)32)7-11-28(12-8-25)14-20(30)17-4-5-18-19(16(17)2)15-34-22(18)31/h4-6,10,20,30H,3,7-9,11-15H2,1-2H3/t20-/m0/s1. The summed E-state index contributed by atoms with van der Waals surface area (Å²) >= 11 is 0. The SMILES string of the molecule is CCOc1nccc(N2CCC3(CCN(C[C@H](O)c4ccc5c(c4C)COC5=O)CC3)C2=O)n1. The molecular weight excluding hydrogens is 436 g/mol. The van der Waals surface area contributed by atoms with E-state index in [1.165, 1.54) is 0 Å². The van der Waals surface area contributed by atoms with Crippen molar-refractivity contribution in [2.45, 2.75) is 45.8 Å². The first-order valence-electron chi connectivity index (χ1n) is 11.9. The second kappa shape index (κ2) is 8.96. The van der Waals surface area contributed by atoms with Crippen LogP contribution in [0.5, 0.6) is 6.01 Å². The third-order valence-electron chi connectivity index (χ3n) is 7.49. The molecule has 180 valence electrons. The average Bonchev–Trinajstić information content (AvgIpc) is 3.37. The Labute approximate surface area is 198 Å². The number of rotatable bonds is 6. The number of benzene rings is 1. The quantitative estimate of drug-likeness (QED) is 0.647. The van der Waals surface area contributed by atoms with Crippen LogP contribution in [0.2, 0.25) is 0 Å². The monoisotopic (exact) mass is 466 g/mol. The van der Waals surface area contributed by atoms with Gasteiger partial charge in [0.05, 0.1) is 23.7 Å². The second-order valence-corrected chi connectivity index (χ2v) is 9.32. The number of cyclic esters (lactones) is 1. The van der Waals surface area contributed by atoms with Gasteiger partial charge in [-0.2, -0.15) is 4.98 Å². The van der Waals surface area contributed by atoms with Crippen molar-refractivity contribution in [1.82, 2.24) is 14.9 Å². The number of carbonyl (C=O) groups excluding carboxylic acids is 2. The molecule has 3 aliphatic heterocycles. The van der Waals surface area contributed by atoms with E-state index in [-0.39, 0.29) is 29.9 Å². The minimum Gasteiger partial charge on any atom is -0.464 e. The number of amides is 1. The number of ether oxygens (including phenoxy) is 2. The van der Waals surface area contributed by atoms with Crippen LogP contribution >= 0.6 is 0 Å². The highest BCUT2D eigenvalue weighted by molar-refractivity contribution is 5.99. The number of esters is 1. The van der Waals surface area contributed by atoms with E-state index >= 15 is 0 Å². The van der Waals surface area contributed by atoms with Crippen molar-refractivity contribution < 1.29 is 24.2 Å². The first-order chi connectivity index (χ1) is 16.4. The topological polar surface area (TPSA) is 105 Å². The van der Waals surface area contributed by atoms with Gasteiger partial charge in [0.2, 0.25) is 5.91 Å². The number of nitrogens with zero attached hydrogens (tertiary/aromatic N) is 4. The molecule has 0 aliphatic carbocycles.